The average Bonchev–Trinajstić information content (AvgIpc) is 2.09. The van der Waals surface area contributed by atoms with Crippen molar-refractivity contribution in [2.24, 2.45) is 5.92 Å². The molecule has 16 heavy (non-hydrogen) atoms. The predicted molar refractivity (Wildman–Crippen MR) is 65.0 cm³/mol. The molecule has 0 aliphatic heterocycles. The molecule has 0 radical (unpaired) electrons. The molecule has 2 N–H and O–H groups in total. The van der Waals surface area contributed by atoms with Gasteiger partial charge in [0.2, 0.25) is 11.8 Å². The van der Waals surface area contributed by atoms with Crippen molar-refractivity contribution < 1.29 is 9.59 Å². The Morgan fingerprint density at radius 1 is 1.19 bits per heavy atom. The van der Waals surface area contributed by atoms with Crippen molar-refractivity contribution in [1.29, 1.82) is 0 Å². The molecule has 0 saturated carbocycles. The van der Waals surface area contributed by atoms with E-state index in [1.165, 1.54) is 0 Å². The van der Waals surface area contributed by atoms with E-state index in [0.29, 0.717) is 6.42 Å². The minimum absolute atomic E-state index is 0.0813. The van der Waals surface area contributed by atoms with Gasteiger partial charge in [0.05, 0.1) is 0 Å². The maximum absolute atomic E-state index is 11.9. The minimum Gasteiger partial charge on any atom is -0.350 e. The standard InChI is InChI=1S/C12H24N2O2/c1-7-9(15)13-10(8(2)3)11(16)14-12(4,5)6/h8,10H,7H2,1-6H3,(H,13,15)(H,14,16)/t10-/m0/s1. The van der Waals surface area contributed by atoms with Gasteiger partial charge in [0.15, 0.2) is 0 Å². The number of amides is 2. The summed E-state index contributed by atoms with van der Waals surface area (Å²) in [7, 11) is 0. The van der Waals surface area contributed by atoms with Gasteiger partial charge in [0.25, 0.3) is 0 Å². The lowest BCUT2D eigenvalue weighted by Gasteiger charge is -2.27. The molecule has 0 bridgehead atoms. The number of hydrogen-bond acceptors (Lipinski definition) is 2. The highest BCUT2D eigenvalue weighted by atomic mass is 16.2. The fourth-order valence-electron chi connectivity index (χ4n) is 1.26. The van der Waals surface area contributed by atoms with Crippen molar-refractivity contribution in [3.63, 3.8) is 0 Å². The highest BCUT2D eigenvalue weighted by molar-refractivity contribution is 5.88. The number of hydrogen-bond donors (Lipinski definition) is 2. The van der Waals surface area contributed by atoms with Gasteiger partial charge in [-0.05, 0) is 26.7 Å². The molecule has 2 amide bonds. The molecular formula is C12H24N2O2. The molecule has 0 aromatic heterocycles. The van der Waals surface area contributed by atoms with Gasteiger partial charge >= 0.3 is 0 Å². The summed E-state index contributed by atoms with van der Waals surface area (Å²) in [5.74, 6) is -0.134. The van der Waals surface area contributed by atoms with E-state index in [-0.39, 0.29) is 23.3 Å². The van der Waals surface area contributed by atoms with Crippen LogP contribution in [0.1, 0.15) is 48.0 Å². The smallest absolute Gasteiger partial charge is 0.243 e. The lowest BCUT2D eigenvalue weighted by Crippen LogP contribution is -2.54. The highest BCUT2D eigenvalue weighted by Crippen LogP contribution is 2.06. The number of rotatable bonds is 4. The molecule has 0 saturated heterocycles. The molecule has 0 heterocycles. The summed E-state index contributed by atoms with van der Waals surface area (Å²) in [6.45, 7) is 11.4. The van der Waals surface area contributed by atoms with Crippen LogP contribution in [0.15, 0.2) is 0 Å². The van der Waals surface area contributed by atoms with Gasteiger partial charge in [-0.2, -0.15) is 0 Å². The normalized spacial score (nSPS) is 13.4. The summed E-state index contributed by atoms with van der Waals surface area (Å²) < 4.78 is 0. The Labute approximate surface area is 98.2 Å². The molecule has 0 unspecified atom stereocenters. The Morgan fingerprint density at radius 3 is 2.00 bits per heavy atom. The first kappa shape index (κ1) is 14.9. The van der Waals surface area contributed by atoms with Crippen molar-refractivity contribution >= 4 is 11.8 Å². The van der Waals surface area contributed by atoms with Gasteiger partial charge in [0.1, 0.15) is 6.04 Å². The predicted octanol–water partition coefficient (Wildman–Crippen LogP) is 1.45. The summed E-state index contributed by atoms with van der Waals surface area (Å²) in [4.78, 5) is 23.2. The van der Waals surface area contributed by atoms with Crippen LogP contribution < -0.4 is 10.6 Å². The van der Waals surface area contributed by atoms with Crippen LogP contribution in [0.3, 0.4) is 0 Å². The second kappa shape index (κ2) is 5.87. The van der Waals surface area contributed by atoms with Crippen molar-refractivity contribution in [1.82, 2.24) is 10.6 Å². The van der Waals surface area contributed by atoms with Crippen molar-refractivity contribution in [3.8, 4) is 0 Å². The van der Waals surface area contributed by atoms with Gasteiger partial charge in [-0.1, -0.05) is 20.8 Å². The quantitative estimate of drug-likeness (QED) is 0.765. The Morgan fingerprint density at radius 2 is 1.69 bits per heavy atom. The monoisotopic (exact) mass is 228 g/mol. The number of carbonyl (C=O) groups is 2. The van der Waals surface area contributed by atoms with E-state index in [2.05, 4.69) is 10.6 Å². The third kappa shape index (κ3) is 5.73. The summed E-state index contributed by atoms with van der Waals surface area (Å²) in [5.41, 5.74) is -0.277. The fraction of sp³-hybridized carbons (Fsp3) is 0.833. The zero-order chi connectivity index (χ0) is 12.9. The molecule has 0 aliphatic rings. The van der Waals surface area contributed by atoms with Gasteiger partial charge in [-0.15, -0.1) is 0 Å². The topological polar surface area (TPSA) is 58.2 Å². The Kier molecular flexibility index (Phi) is 5.48. The molecule has 0 fully saturated rings. The van der Waals surface area contributed by atoms with E-state index in [1.807, 2.05) is 34.6 Å². The third-order valence-electron chi connectivity index (χ3n) is 2.08. The molecule has 94 valence electrons. The third-order valence-corrected chi connectivity index (χ3v) is 2.08. The highest BCUT2D eigenvalue weighted by Gasteiger charge is 2.26. The van der Waals surface area contributed by atoms with E-state index in [1.54, 1.807) is 6.92 Å². The zero-order valence-electron chi connectivity index (χ0n) is 11.2. The molecule has 0 spiro atoms. The first-order valence-corrected chi connectivity index (χ1v) is 5.78. The lowest BCUT2D eigenvalue weighted by molar-refractivity contribution is -0.130. The van der Waals surface area contributed by atoms with Crippen LogP contribution in [0, 0.1) is 5.92 Å². The van der Waals surface area contributed by atoms with Crippen LogP contribution in [0.25, 0.3) is 0 Å². The minimum atomic E-state index is -0.452. The van der Waals surface area contributed by atoms with Crippen LogP contribution in [-0.2, 0) is 9.59 Å². The molecule has 0 aromatic carbocycles. The van der Waals surface area contributed by atoms with Gasteiger partial charge in [-0.3, -0.25) is 9.59 Å². The SMILES string of the molecule is CCC(=O)N[C@H](C(=O)NC(C)(C)C)C(C)C. The van der Waals surface area contributed by atoms with Crippen molar-refractivity contribution in [2.45, 2.75) is 59.5 Å². The lowest BCUT2D eigenvalue weighted by atomic mass is 10.0. The van der Waals surface area contributed by atoms with Crippen LogP contribution in [-0.4, -0.2) is 23.4 Å². The summed E-state index contributed by atoms with van der Waals surface area (Å²) >= 11 is 0. The maximum atomic E-state index is 11.9. The Hall–Kier alpha value is -1.06. The first-order chi connectivity index (χ1) is 7.17. The van der Waals surface area contributed by atoms with Crippen LogP contribution in [0.4, 0.5) is 0 Å². The summed E-state index contributed by atoms with van der Waals surface area (Å²) in [6.07, 6.45) is 0.395. The molecule has 0 aliphatic carbocycles. The van der Waals surface area contributed by atoms with Crippen LogP contribution in [0.5, 0.6) is 0 Å². The van der Waals surface area contributed by atoms with Gasteiger partial charge in [-0.25, -0.2) is 0 Å². The average molecular weight is 228 g/mol. The van der Waals surface area contributed by atoms with Crippen molar-refractivity contribution in [2.75, 3.05) is 0 Å². The van der Waals surface area contributed by atoms with E-state index >= 15 is 0 Å². The van der Waals surface area contributed by atoms with E-state index in [4.69, 9.17) is 0 Å². The molecule has 1 atom stereocenters. The van der Waals surface area contributed by atoms with Crippen LogP contribution >= 0.6 is 0 Å². The molecule has 4 heteroatoms. The first-order valence-electron chi connectivity index (χ1n) is 5.78. The number of carbonyl (C=O) groups excluding carboxylic acids is 2. The van der Waals surface area contributed by atoms with Crippen LogP contribution in [0.2, 0.25) is 0 Å². The molecule has 0 rings (SSSR count). The molecular weight excluding hydrogens is 204 g/mol. The van der Waals surface area contributed by atoms with Crippen molar-refractivity contribution in [3.05, 3.63) is 0 Å². The van der Waals surface area contributed by atoms with E-state index in [9.17, 15) is 9.59 Å². The fourth-order valence-corrected chi connectivity index (χ4v) is 1.26. The second-order valence-electron chi connectivity index (χ2n) is 5.38. The zero-order valence-corrected chi connectivity index (χ0v) is 11.2. The van der Waals surface area contributed by atoms with Gasteiger partial charge in [0, 0.05) is 12.0 Å². The Balaban J connectivity index is 4.54. The summed E-state index contributed by atoms with van der Waals surface area (Å²) in [5, 5.41) is 5.61. The summed E-state index contributed by atoms with van der Waals surface area (Å²) in [6, 6.07) is -0.452. The van der Waals surface area contributed by atoms with E-state index < -0.39 is 6.04 Å². The molecule has 4 nitrogen and oxygen atoms in total. The number of nitrogens with one attached hydrogen (secondary N) is 2. The Bertz CT molecular complexity index is 254. The van der Waals surface area contributed by atoms with E-state index in [0.717, 1.165) is 0 Å². The molecule has 0 aromatic rings. The second-order valence-corrected chi connectivity index (χ2v) is 5.38. The maximum Gasteiger partial charge on any atom is 0.243 e. The largest absolute Gasteiger partial charge is 0.350 e. The van der Waals surface area contributed by atoms with Gasteiger partial charge < -0.3 is 10.6 Å².